The van der Waals surface area contributed by atoms with Gasteiger partial charge in [0.1, 0.15) is 17.5 Å². The Hall–Kier alpha value is -2.06. The number of nitrogens with one attached hydrogen (secondary N) is 1. The van der Waals surface area contributed by atoms with E-state index in [9.17, 15) is 19.5 Å². The van der Waals surface area contributed by atoms with Gasteiger partial charge in [-0.2, -0.15) is 0 Å². The molecular formula is C17H21N3O4S. The highest BCUT2D eigenvalue weighted by Gasteiger charge is 2.64. The number of nitrogens with zero attached hydrogens (tertiary/aromatic N) is 1. The van der Waals surface area contributed by atoms with Gasteiger partial charge < -0.3 is 21.1 Å². The molecule has 4 N–H and O–H groups in total. The number of carboxylic acids is 1. The number of hydrogen-bond donors (Lipinski definition) is 3. The number of carboxylic acid groups (broad SMARTS) is 1. The molecule has 1 aromatic rings. The number of benzene rings is 1. The van der Waals surface area contributed by atoms with Crippen molar-refractivity contribution in [2.75, 3.05) is 0 Å². The smallest absolute Gasteiger partial charge is 0.327 e. The molecule has 1 aromatic carbocycles. The van der Waals surface area contributed by atoms with E-state index in [4.69, 9.17) is 5.73 Å². The second kappa shape index (κ2) is 6.34. The molecule has 2 aliphatic rings. The third-order valence-corrected chi connectivity index (χ3v) is 6.20. The summed E-state index contributed by atoms with van der Waals surface area (Å²) in [6.45, 7) is 3.60. The van der Waals surface area contributed by atoms with Crippen molar-refractivity contribution in [3.63, 3.8) is 0 Å². The highest BCUT2D eigenvalue weighted by Crippen LogP contribution is 2.50. The molecule has 0 bridgehead atoms. The van der Waals surface area contributed by atoms with Crippen LogP contribution in [0.25, 0.3) is 0 Å². The zero-order chi connectivity index (χ0) is 18.4. The standard InChI is InChI=1S/C17H21N3O4S/c1-17(2)13(16(23)24)20-14(22)12(15(20)25-17)19-11(21)8-10(18)9-6-4-3-5-7-9/h3-7,10,12-13,15H,8,18H2,1-2H3,(H,19,21)(H,23,24)/t10?,12-,13+,15-/m1/s1. The lowest BCUT2D eigenvalue weighted by Gasteiger charge is -2.43. The molecule has 2 saturated heterocycles. The molecule has 2 amide bonds. The average molecular weight is 363 g/mol. The number of β-lactam (4-membered cyclic amide) rings is 1. The number of carbonyl (C=O) groups is 3. The third-order valence-electron chi connectivity index (χ3n) is 4.62. The molecule has 1 unspecified atom stereocenters. The number of hydrogen-bond acceptors (Lipinski definition) is 5. The molecule has 0 saturated carbocycles. The molecule has 0 aromatic heterocycles. The number of fused-ring (bicyclic) bond motifs is 1. The number of thioether (sulfide) groups is 1. The summed E-state index contributed by atoms with van der Waals surface area (Å²) < 4.78 is -0.605. The van der Waals surface area contributed by atoms with Crippen LogP contribution in [0.15, 0.2) is 30.3 Å². The van der Waals surface area contributed by atoms with E-state index in [1.165, 1.54) is 16.7 Å². The molecule has 3 rings (SSSR count). The zero-order valence-electron chi connectivity index (χ0n) is 14.0. The van der Waals surface area contributed by atoms with Crippen LogP contribution in [0.3, 0.4) is 0 Å². The average Bonchev–Trinajstić information content (AvgIpc) is 2.81. The van der Waals surface area contributed by atoms with E-state index in [2.05, 4.69) is 5.32 Å². The predicted octanol–water partition coefficient (Wildman–Crippen LogP) is 0.708. The lowest BCUT2D eigenvalue weighted by atomic mass is 9.96. The maximum atomic E-state index is 12.3. The van der Waals surface area contributed by atoms with Crippen molar-refractivity contribution in [1.82, 2.24) is 10.2 Å². The highest BCUT2D eigenvalue weighted by molar-refractivity contribution is 8.01. The summed E-state index contributed by atoms with van der Waals surface area (Å²) in [5.41, 5.74) is 6.89. The fourth-order valence-corrected chi connectivity index (χ4v) is 5.02. The lowest BCUT2D eigenvalue weighted by molar-refractivity contribution is -0.161. The molecule has 2 fully saturated rings. The molecule has 8 heteroatoms. The zero-order valence-corrected chi connectivity index (χ0v) is 14.8. The van der Waals surface area contributed by atoms with E-state index in [1.807, 2.05) is 30.3 Å². The van der Waals surface area contributed by atoms with Gasteiger partial charge in [-0.25, -0.2) is 4.79 Å². The quantitative estimate of drug-likeness (QED) is 0.664. The monoisotopic (exact) mass is 363 g/mol. The van der Waals surface area contributed by atoms with Crippen molar-refractivity contribution in [3.8, 4) is 0 Å². The van der Waals surface area contributed by atoms with Gasteiger partial charge in [-0.1, -0.05) is 30.3 Å². The van der Waals surface area contributed by atoms with Crippen LogP contribution in [0.4, 0.5) is 0 Å². The molecule has 2 aliphatic heterocycles. The van der Waals surface area contributed by atoms with Crippen LogP contribution < -0.4 is 11.1 Å². The van der Waals surface area contributed by atoms with Crippen LogP contribution in [0.2, 0.25) is 0 Å². The van der Waals surface area contributed by atoms with Crippen molar-refractivity contribution in [1.29, 1.82) is 0 Å². The third kappa shape index (κ3) is 3.11. The first-order valence-corrected chi connectivity index (χ1v) is 8.93. The van der Waals surface area contributed by atoms with E-state index in [-0.39, 0.29) is 23.6 Å². The Bertz CT molecular complexity index is 709. The predicted molar refractivity (Wildman–Crippen MR) is 93.6 cm³/mol. The minimum absolute atomic E-state index is 0.0664. The van der Waals surface area contributed by atoms with Crippen molar-refractivity contribution in [2.24, 2.45) is 5.73 Å². The maximum absolute atomic E-state index is 12.3. The maximum Gasteiger partial charge on any atom is 0.327 e. The minimum atomic E-state index is -1.02. The molecule has 134 valence electrons. The first-order chi connectivity index (χ1) is 11.7. The van der Waals surface area contributed by atoms with E-state index >= 15 is 0 Å². The van der Waals surface area contributed by atoms with Crippen molar-refractivity contribution in [2.45, 2.75) is 48.5 Å². The first kappa shape index (κ1) is 17.8. The fourth-order valence-electron chi connectivity index (χ4n) is 3.40. The number of carbonyl (C=O) groups excluding carboxylic acids is 2. The Morgan fingerprint density at radius 2 is 2.00 bits per heavy atom. The van der Waals surface area contributed by atoms with Crippen molar-refractivity contribution >= 4 is 29.5 Å². The van der Waals surface area contributed by atoms with Gasteiger partial charge in [-0.05, 0) is 19.4 Å². The molecule has 0 aliphatic carbocycles. The molecule has 25 heavy (non-hydrogen) atoms. The Morgan fingerprint density at radius 1 is 1.36 bits per heavy atom. The van der Waals surface area contributed by atoms with Crippen LogP contribution >= 0.6 is 11.8 Å². The van der Waals surface area contributed by atoms with Crippen LogP contribution in [0, 0.1) is 0 Å². The summed E-state index contributed by atoms with van der Waals surface area (Å²) in [6.07, 6.45) is 0.0664. The normalized spacial score (nSPS) is 28.0. The second-order valence-electron chi connectivity index (χ2n) is 6.86. The largest absolute Gasteiger partial charge is 0.480 e. The summed E-state index contributed by atoms with van der Waals surface area (Å²) in [4.78, 5) is 37.4. The van der Waals surface area contributed by atoms with Gasteiger partial charge in [0.15, 0.2) is 0 Å². The van der Waals surface area contributed by atoms with Gasteiger partial charge in [0.2, 0.25) is 11.8 Å². The van der Waals surface area contributed by atoms with E-state index in [0.717, 1.165) is 5.56 Å². The molecule has 2 heterocycles. The van der Waals surface area contributed by atoms with Gasteiger partial charge in [0, 0.05) is 17.2 Å². The SMILES string of the molecule is CC1(C)S[C@@H]2[C@H](NC(=O)CC(N)c3ccccc3)C(=O)N2[C@H]1C(=O)O. The van der Waals surface area contributed by atoms with E-state index < -0.39 is 28.8 Å². The Labute approximate surface area is 149 Å². The van der Waals surface area contributed by atoms with E-state index in [1.54, 1.807) is 13.8 Å². The summed E-state index contributed by atoms with van der Waals surface area (Å²) in [5, 5.41) is 11.8. The number of rotatable bonds is 5. The molecule has 0 spiro atoms. The van der Waals surface area contributed by atoms with Gasteiger partial charge in [0.25, 0.3) is 0 Å². The summed E-state index contributed by atoms with van der Waals surface area (Å²) in [7, 11) is 0. The fraction of sp³-hybridized carbons (Fsp3) is 0.471. The van der Waals surface area contributed by atoms with Gasteiger partial charge in [0.05, 0.1) is 0 Å². The summed E-state index contributed by atoms with van der Waals surface area (Å²) in [6, 6.07) is 7.25. The Balaban J connectivity index is 1.62. The van der Waals surface area contributed by atoms with Crippen molar-refractivity contribution in [3.05, 3.63) is 35.9 Å². The molecular weight excluding hydrogens is 342 g/mol. The highest BCUT2D eigenvalue weighted by atomic mass is 32.2. The van der Waals surface area contributed by atoms with Crippen LogP contribution in [-0.2, 0) is 14.4 Å². The van der Waals surface area contributed by atoms with Gasteiger partial charge in [-0.3, -0.25) is 9.59 Å². The van der Waals surface area contributed by atoms with Crippen LogP contribution in [0.1, 0.15) is 31.9 Å². The molecule has 7 nitrogen and oxygen atoms in total. The Morgan fingerprint density at radius 3 is 2.60 bits per heavy atom. The number of nitrogens with two attached hydrogens (primary N) is 1. The topological polar surface area (TPSA) is 113 Å². The molecule has 4 atom stereocenters. The lowest BCUT2D eigenvalue weighted by Crippen LogP contribution is -2.70. The van der Waals surface area contributed by atoms with Gasteiger partial charge in [-0.15, -0.1) is 11.8 Å². The van der Waals surface area contributed by atoms with Crippen LogP contribution in [0.5, 0.6) is 0 Å². The minimum Gasteiger partial charge on any atom is -0.480 e. The van der Waals surface area contributed by atoms with E-state index in [0.29, 0.717) is 0 Å². The molecule has 0 radical (unpaired) electrons. The van der Waals surface area contributed by atoms with Crippen LogP contribution in [-0.4, -0.2) is 50.0 Å². The Kier molecular flexibility index (Phi) is 4.51. The summed E-state index contributed by atoms with van der Waals surface area (Å²) >= 11 is 1.40. The number of aliphatic carboxylic acids is 1. The first-order valence-electron chi connectivity index (χ1n) is 8.05. The second-order valence-corrected chi connectivity index (χ2v) is 8.64. The van der Waals surface area contributed by atoms with Crippen molar-refractivity contribution < 1.29 is 19.5 Å². The number of amides is 2. The van der Waals surface area contributed by atoms with Gasteiger partial charge >= 0.3 is 5.97 Å². The summed E-state index contributed by atoms with van der Waals surface area (Å²) in [5.74, 6) is -1.69.